The molecule has 2 aromatic rings. The van der Waals surface area contributed by atoms with Crippen LogP contribution in [0.3, 0.4) is 0 Å². The predicted molar refractivity (Wildman–Crippen MR) is 68.5 cm³/mol. The van der Waals surface area contributed by atoms with Crippen LogP contribution in [-0.2, 0) is 6.42 Å². The van der Waals surface area contributed by atoms with E-state index in [1.54, 1.807) is 12.1 Å². The fraction of sp³-hybridized carbons (Fsp3) is 0.231. The third kappa shape index (κ3) is 3.60. The van der Waals surface area contributed by atoms with E-state index in [1.165, 1.54) is 18.2 Å². The molecule has 0 aliphatic heterocycles. The van der Waals surface area contributed by atoms with Crippen LogP contribution in [0.15, 0.2) is 30.3 Å². The number of aryl methyl sites for hydroxylation is 1. The molecule has 0 N–H and O–H groups in total. The van der Waals surface area contributed by atoms with E-state index in [1.807, 2.05) is 6.92 Å². The molecule has 2 rings (SSSR count). The first-order chi connectivity index (χ1) is 9.39. The lowest BCUT2D eigenvalue weighted by atomic mass is 10.2. The number of para-hydroxylation sites is 1. The number of alkyl halides is 3. The van der Waals surface area contributed by atoms with Crippen molar-refractivity contribution in [2.24, 2.45) is 0 Å². The van der Waals surface area contributed by atoms with E-state index in [4.69, 9.17) is 11.6 Å². The van der Waals surface area contributed by atoms with Gasteiger partial charge in [0.1, 0.15) is 10.9 Å². The van der Waals surface area contributed by atoms with Gasteiger partial charge in [0.25, 0.3) is 0 Å². The zero-order chi connectivity index (χ0) is 14.8. The van der Waals surface area contributed by atoms with Gasteiger partial charge in [0, 0.05) is 5.69 Å². The molecule has 0 saturated heterocycles. The van der Waals surface area contributed by atoms with E-state index in [0.29, 0.717) is 12.1 Å². The molecule has 0 spiro atoms. The minimum atomic E-state index is -4.78. The zero-order valence-corrected chi connectivity index (χ0v) is 11.2. The highest BCUT2D eigenvalue weighted by Crippen LogP contribution is 2.32. The second-order valence-electron chi connectivity index (χ2n) is 3.90. The van der Waals surface area contributed by atoms with Crippen LogP contribution in [0.2, 0.25) is 5.15 Å². The third-order valence-corrected chi connectivity index (χ3v) is 2.66. The highest BCUT2D eigenvalue weighted by atomic mass is 35.5. The molecular weight excluding hydrogens is 293 g/mol. The average Bonchev–Trinajstić information content (AvgIpc) is 2.36. The minimum Gasteiger partial charge on any atom is -0.405 e. The number of hydrogen-bond donors (Lipinski definition) is 0. The van der Waals surface area contributed by atoms with Gasteiger partial charge in [-0.05, 0) is 24.6 Å². The van der Waals surface area contributed by atoms with E-state index in [-0.39, 0.29) is 22.3 Å². The van der Waals surface area contributed by atoms with Crippen molar-refractivity contribution in [1.29, 1.82) is 0 Å². The SMILES string of the molecule is CCc1cc(Cl)nc(-c2ccccc2OC(F)(F)F)n1. The Morgan fingerprint density at radius 3 is 2.55 bits per heavy atom. The largest absolute Gasteiger partial charge is 0.573 e. The van der Waals surface area contributed by atoms with Crippen LogP contribution in [0.5, 0.6) is 5.75 Å². The van der Waals surface area contributed by atoms with Crippen molar-refractivity contribution in [2.45, 2.75) is 19.7 Å². The van der Waals surface area contributed by atoms with Crippen molar-refractivity contribution in [1.82, 2.24) is 9.97 Å². The number of aromatic nitrogens is 2. The molecule has 1 aromatic heterocycles. The second kappa shape index (κ2) is 5.66. The average molecular weight is 303 g/mol. The fourth-order valence-electron chi connectivity index (χ4n) is 1.63. The highest BCUT2D eigenvalue weighted by Gasteiger charge is 2.32. The molecule has 3 nitrogen and oxygen atoms in total. The Morgan fingerprint density at radius 1 is 1.20 bits per heavy atom. The lowest BCUT2D eigenvalue weighted by Crippen LogP contribution is -2.17. The number of benzene rings is 1. The maximum Gasteiger partial charge on any atom is 0.573 e. The van der Waals surface area contributed by atoms with E-state index in [2.05, 4.69) is 14.7 Å². The Balaban J connectivity index is 2.50. The van der Waals surface area contributed by atoms with Gasteiger partial charge in [-0.25, -0.2) is 9.97 Å². The summed E-state index contributed by atoms with van der Waals surface area (Å²) in [4.78, 5) is 8.12. The van der Waals surface area contributed by atoms with E-state index in [0.717, 1.165) is 0 Å². The zero-order valence-electron chi connectivity index (χ0n) is 10.4. The summed E-state index contributed by atoms with van der Waals surface area (Å²) in [7, 11) is 0. The van der Waals surface area contributed by atoms with Gasteiger partial charge in [-0.15, -0.1) is 13.2 Å². The molecule has 1 aromatic carbocycles. The van der Waals surface area contributed by atoms with Crippen LogP contribution < -0.4 is 4.74 Å². The summed E-state index contributed by atoms with van der Waals surface area (Å²) in [5.41, 5.74) is 0.781. The molecule has 0 amide bonds. The van der Waals surface area contributed by atoms with Crippen LogP contribution in [0.25, 0.3) is 11.4 Å². The number of rotatable bonds is 3. The molecule has 106 valence electrons. The highest BCUT2D eigenvalue weighted by molar-refractivity contribution is 6.29. The first-order valence-corrected chi connectivity index (χ1v) is 6.15. The number of halogens is 4. The summed E-state index contributed by atoms with van der Waals surface area (Å²) < 4.78 is 41.1. The van der Waals surface area contributed by atoms with Crippen LogP contribution in [0.4, 0.5) is 13.2 Å². The lowest BCUT2D eigenvalue weighted by Gasteiger charge is -2.12. The molecule has 1 heterocycles. The first kappa shape index (κ1) is 14.6. The summed E-state index contributed by atoms with van der Waals surface area (Å²) in [5, 5.41) is 0.175. The molecule has 20 heavy (non-hydrogen) atoms. The van der Waals surface area contributed by atoms with Crippen molar-refractivity contribution in [3.8, 4) is 17.1 Å². The Morgan fingerprint density at radius 2 is 1.90 bits per heavy atom. The van der Waals surface area contributed by atoms with Gasteiger partial charge in [0.15, 0.2) is 5.82 Å². The van der Waals surface area contributed by atoms with E-state index < -0.39 is 6.36 Å². The normalized spacial score (nSPS) is 11.4. The van der Waals surface area contributed by atoms with Crippen LogP contribution in [-0.4, -0.2) is 16.3 Å². The third-order valence-electron chi connectivity index (χ3n) is 2.46. The summed E-state index contributed by atoms with van der Waals surface area (Å²) >= 11 is 5.85. The van der Waals surface area contributed by atoms with Crippen molar-refractivity contribution in [3.63, 3.8) is 0 Å². The van der Waals surface area contributed by atoms with Crippen molar-refractivity contribution in [2.75, 3.05) is 0 Å². The predicted octanol–water partition coefficient (Wildman–Crippen LogP) is 4.26. The molecule has 0 unspecified atom stereocenters. The quantitative estimate of drug-likeness (QED) is 0.795. The standard InChI is InChI=1S/C13H10ClF3N2O/c1-2-8-7-11(14)19-12(18-8)9-5-3-4-6-10(9)20-13(15,16)17/h3-7H,2H2,1H3. The van der Waals surface area contributed by atoms with E-state index in [9.17, 15) is 13.2 Å². The fourth-order valence-corrected chi connectivity index (χ4v) is 1.84. The molecule has 0 saturated carbocycles. The van der Waals surface area contributed by atoms with Crippen LogP contribution >= 0.6 is 11.6 Å². The van der Waals surface area contributed by atoms with Gasteiger partial charge in [-0.2, -0.15) is 0 Å². The number of hydrogen-bond acceptors (Lipinski definition) is 3. The molecular formula is C13H10ClF3N2O. The maximum atomic E-state index is 12.4. The Kier molecular flexibility index (Phi) is 4.13. The molecule has 0 radical (unpaired) electrons. The van der Waals surface area contributed by atoms with Crippen molar-refractivity contribution in [3.05, 3.63) is 41.2 Å². The maximum absolute atomic E-state index is 12.4. The minimum absolute atomic E-state index is 0.106. The van der Waals surface area contributed by atoms with Crippen LogP contribution in [0, 0.1) is 0 Å². The topological polar surface area (TPSA) is 35.0 Å². The Hall–Kier alpha value is -1.82. The molecule has 0 aliphatic carbocycles. The molecule has 0 aliphatic rings. The van der Waals surface area contributed by atoms with Gasteiger partial charge >= 0.3 is 6.36 Å². The van der Waals surface area contributed by atoms with Gasteiger partial charge in [0.05, 0.1) is 5.56 Å². The number of ether oxygens (including phenoxy) is 1. The number of nitrogens with zero attached hydrogens (tertiary/aromatic N) is 2. The van der Waals surface area contributed by atoms with Crippen molar-refractivity contribution >= 4 is 11.6 Å². The molecule has 7 heteroatoms. The van der Waals surface area contributed by atoms with E-state index >= 15 is 0 Å². The molecule has 0 fully saturated rings. The molecule has 0 atom stereocenters. The Bertz CT molecular complexity index is 617. The van der Waals surface area contributed by atoms with Gasteiger partial charge < -0.3 is 4.74 Å². The van der Waals surface area contributed by atoms with Gasteiger partial charge in [-0.3, -0.25) is 0 Å². The summed E-state index contributed by atoms with van der Waals surface area (Å²) in [6.45, 7) is 1.86. The van der Waals surface area contributed by atoms with Crippen molar-refractivity contribution < 1.29 is 17.9 Å². The lowest BCUT2D eigenvalue weighted by molar-refractivity contribution is -0.274. The Labute approximate surface area is 118 Å². The smallest absolute Gasteiger partial charge is 0.405 e. The molecule has 0 bridgehead atoms. The summed E-state index contributed by atoms with van der Waals surface area (Å²) in [6.07, 6.45) is -4.18. The van der Waals surface area contributed by atoms with Gasteiger partial charge in [0.2, 0.25) is 0 Å². The first-order valence-electron chi connectivity index (χ1n) is 5.77. The second-order valence-corrected chi connectivity index (χ2v) is 4.29. The van der Waals surface area contributed by atoms with Gasteiger partial charge in [-0.1, -0.05) is 30.7 Å². The monoisotopic (exact) mass is 302 g/mol. The summed E-state index contributed by atoms with van der Waals surface area (Å²) in [6, 6.07) is 7.24. The van der Waals surface area contributed by atoms with Crippen LogP contribution in [0.1, 0.15) is 12.6 Å². The summed E-state index contributed by atoms with van der Waals surface area (Å²) in [5.74, 6) is -0.251.